The lowest BCUT2D eigenvalue weighted by atomic mass is 9.56. The SMILES string of the molecule is CN(C)c1ccc(N=Nc2ccc(N3C(=O)C4CC=C5C(CC6(Cl)C(=O)N(c7ccc(F)cc7)C(=O)C6(Cl)C5c5cc(OC(F)(F)F)ccc5O)C4C3=O)cc2)cc1. The van der Waals surface area contributed by atoms with Gasteiger partial charge in [-0.25, -0.2) is 9.29 Å². The number of aromatic hydroxyl groups is 1. The van der Waals surface area contributed by atoms with Crippen LogP contribution in [0.25, 0.3) is 0 Å². The zero-order valence-electron chi connectivity index (χ0n) is 30.5. The molecule has 4 aromatic carbocycles. The Balaban J connectivity index is 1.17. The third-order valence-corrected chi connectivity index (χ3v) is 12.6. The van der Waals surface area contributed by atoms with Crippen LogP contribution < -0.4 is 19.4 Å². The number of fused-ring (bicyclic) bond motifs is 4. The van der Waals surface area contributed by atoms with E-state index >= 15 is 0 Å². The second-order valence-electron chi connectivity index (χ2n) is 14.7. The molecule has 1 saturated carbocycles. The molecule has 0 aromatic heterocycles. The molecule has 2 saturated heterocycles. The van der Waals surface area contributed by atoms with Gasteiger partial charge in [0.05, 0.1) is 34.6 Å². The monoisotopic (exact) mass is 835 g/mol. The number of amides is 4. The Morgan fingerprint density at radius 2 is 1.38 bits per heavy atom. The summed E-state index contributed by atoms with van der Waals surface area (Å²) in [5.41, 5.74) is 2.02. The number of benzene rings is 4. The Bertz CT molecular complexity index is 2430. The number of anilines is 3. The highest BCUT2D eigenvalue weighted by atomic mass is 35.5. The fourth-order valence-corrected chi connectivity index (χ4v) is 9.49. The van der Waals surface area contributed by atoms with Crippen molar-refractivity contribution in [3.8, 4) is 11.5 Å². The Kier molecular flexibility index (Phi) is 9.39. The Labute approximate surface area is 338 Å². The van der Waals surface area contributed by atoms with Crippen LogP contribution in [0.4, 0.5) is 46.0 Å². The minimum Gasteiger partial charge on any atom is -0.508 e. The zero-order chi connectivity index (χ0) is 41.5. The Hall–Kier alpha value is -5.80. The van der Waals surface area contributed by atoms with Gasteiger partial charge < -0.3 is 14.7 Å². The normalized spacial score (nSPS) is 26.8. The summed E-state index contributed by atoms with van der Waals surface area (Å²) >= 11 is 14.6. The maximum atomic E-state index is 14.5. The first kappa shape index (κ1) is 39.0. The number of nitrogens with zero attached hydrogens (tertiary/aromatic N) is 5. The van der Waals surface area contributed by atoms with Crippen molar-refractivity contribution in [3.05, 3.63) is 114 Å². The number of halogens is 6. The van der Waals surface area contributed by atoms with E-state index in [4.69, 9.17) is 23.2 Å². The van der Waals surface area contributed by atoms with Gasteiger partial charge in [-0.1, -0.05) is 11.6 Å². The molecule has 298 valence electrons. The van der Waals surface area contributed by atoms with Crippen molar-refractivity contribution < 1.29 is 46.6 Å². The maximum absolute atomic E-state index is 14.5. The van der Waals surface area contributed by atoms with Crippen molar-refractivity contribution in [3.63, 3.8) is 0 Å². The van der Waals surface area contributed by atoms with Gasteiger partial charge >= 0.3 is 6.36 Å². The van der Waals surface area contributed by atoms with Crippen molar-refractivity contribution in [2.75, 3.05) is 28.8 Å². The molecule has 4 aliphatic rings. The number of phenolic OH excluding ortho intramolecular Hbond substituents is 1. The molecule has 6 atom stereocenters. The quantitative estimate of drug-likeness (QED) is 0.0648. The first-order chi connectivity index (χ1) is 27.4. The molecule has 6 unspecified atom stereocenters. The highest BCUT2D eigenvalue weighted by Crippen LogP contribution is 2.66. The van der Waals surface area contributed by atoms with E-state index in [0.717, 1.165) is 53.1 Å². The molecule has 2 aliphatic heterocycles. The molecule has 4 amide bonds. The molecule has 0 spiro atoms. The van der Waals surface area contributed by atoms with E-state index in [0.29, 0.717) is 16.3 Å². The zero-order valence-corrected chi connectivity index (χ0v) is 32.0. The number of imide groups is 2. The smallest absolute Gasteiger partial charge is 0.508 e. The van der Waals surface area contributed by atoms with Crippen LogP contribution >= 0.6 is 23.2 Å². The predicted octanol–water partition coefficient (Wildman–Crippen LogP) is 8.68. The van der Waals surface area contributed by atoms with Crippen molar-refractivity contribution >= 4 is 75.3 Å². The van der Waals surface area contributed by atoms with Crippen LogP contribution in [0, 0.1) is 23.6 Å². The summed E-state index contributed by atoms with van der Waals surface area (Å²) in [6.07, 6.45) is -4.09. The van der Waals surface area contributed by atoms with E-state index in [1.165, 1.54) is 12.1 Å². The molecular formula is C41H31Cl2F4N5O6. The van der Waals surface area contributed by atoms with Crippen molar-refractivity contribution in [2.24, 2.45) is 28.0 Å². The van der Waals surface area contributed by atoms with Gasteiger partial charge in [-0.2, -0.15) is 10.2 Å². The molecule has 0 bridgehead atoms. The van der Waals surface area contributed by atoms with Gasteiger partial charge in [0.2, 0.25) is 11.8 Å². The summed E-state index contributed by atoms with van der Waals surface area (Å²) in [4.78, 5) is 56.3. The molecule has 58 heavy (non-hydrogen) atoms. The van der Waals surface area contributed by atoms with Gasteiger partial charge in [0, 0.05) is 31.3 Å². The highest BCUT2D eigenvalue weighted by molar-refractivity contribution is 6.58. The maximum Gasteiger partial charge on any atom is 0.573 e. The van der Waals surface area contributed by atoms with Crippen LogP contribution in [0.2, 0.25) is 0 Å². The third kappa shape index (κ3) is 6.18. The van der Waals surface area contributed by atoms with E-state index in [1.54, 1.807) is 30.3 Å². The molecule has 4 aromatic rings. The summed E-state index contributed by atoms with van der Waals surface area (Å²) in [6.45, 7) is 0. The standard InChI is InChI=1S/C41H31Cl2F4N5O6/c1-50(2)24-11-5-22(6-12-24)48-49-23-7-13-25(14-8-23)51-35(54)29-17-16-28-31(33(29)36(51)55)20-39(42)37(56)52(26-9-3-21(44)4-10-26)38(57)40(39,43)34(28)30-19-27(15-18-32(30)53)58-41(45,46)47/h3-16,18-19,29,31,33-34,53H,17,20H2,1-2H3. The lowest BCUT2D eigenvalue weighted by Gasteiger charge is -2.50. The number of azo groups is 1. The number of hydrogen-bond acceptors (Lipinski definition) is 9. The molecule has 8 rings (SSSR count). The molecule has 17 heteroatoms. The van der Waals surface area contributed by atoms with Gasteiger partial charge in [-0.3, -0.25) is 24.1 Å². The Morgan fingerprint density at radius 3 is 1.98 bits per heavy atom. The molecule has 3 fully saturated rings. The highest BCUT2D eigenvalue weighted by Gasteiger charge is 2.77. The number of carbonyl (C=O) groups excluding carboxylic acids is 4. The van der Waals surface area contributed by atoms with E-state index in [2.05, 4.69) is 15.0 Å². The van der Waals surface area contributed by atoms with E-state index in [-0.39, 0.29) is 28.9 Å². The number of alkyl halides is 5. The number of allylic oxidation sites excluding steroid dienone is 2. The van der Waals surface area contributed by atoms with Gasteiger partial charge in [0.15, 0.2) is 9.75 Å². The van der Waals surface area contributed by atoms with E-state index in [9.17, 15) is 41.8 Å². The minimum absolute atomic E-state index is 0.0570. The largest absolute Gasteiger partial charge is 0.573 e. The van der Waals surface area contributed by atoms with Crippen LogP contribution in [0.5, 0.6) is 11.5 Å². The predicted molar refractivity (Wildman–Crippen MR) is 205 cm³/mol. The van der Waals surface area contributed by atoms with E-state index < -0.39 is 87.1 Å². The number of phenols is 1. The van der Waals surface area contributed by atoms with Crippen LogP contribution in [-0.2, 0) is 19.2 Å². The molecule has 1 N–H and O–H groups in total. The fraction of sp³-hybridized carbons (Fsp3) is 0.268. The number of ether oxygens (including phenoxy) is 1. The topological polar surface area (TPSA) is 132 Å². The summed E-state index contributed by atoms with van der Waals surface area (Å²) in [5.74, 6) is -10.2. The summed E-state index contributed by atoms with van der Waals surface area (Å²) in [7, 11) is 3.83. The van der Waals surface area contributed by atoms with Crippen LogP contribution in [0.3, 0.4) is 0 Å². The van der Waals surface area contributed by atoms with Crippen molar-refractivity contribution in [1.29, 1.82) is 0 Å². The summed E-state index contributed by atoms with van der Waals surface area (Å²) in [5, 5.41) is 19.7. The summed E-state index contributed by atoms with van der Waals surface area (Å²) < 4.78 is 58.4. The molecule has 11 nitrogen and oxygen atoms in total. The third-order valence-electron chi connectivity index (χ3n) is 11.2. The number of hydrogen-bond donors (Lipinski definition) is 1. The lowest BCUT2D eigenvalue weighted by molar-refractivity contribution is -0.274. The van der Waals surface area contributed by atoms with Gasteiger partial charge in [-0.05, 0) is 110 Å². The van der Waals surface area contributed by atoms with Gasteiger partial charge in [0.25, 0.3) is 11.8 Å². The van der Waals surface area contributed by atoms with Crippen LogP contribution in [-0.4, -0.2) is 58.9 Å². The van der Waals surface area contributed by atoms with Crippen LogP contribution in [0.15, 0.2) is 113 Å². The fourth-order valence-electron chi connectivity index (χ4n) is 8.56. The van der Waals surface area contributed by atoms with Crippen molar-refractivity contribution in [2.45, 2.75) is 34.9 Å². The molecular weight excluding hydrogens is 805 g/mol. The van der Waals surface area contributed by atoms with Crippen molar-refractivity contribution in [1.82, 2.24) is 0 Å². The molecule has 0 radical (unpaired) electrons. The van der Waals surface area contributed by atoms with Gasteiger partial charge in [-0.15, -0.1) is 36.4 Å². The average Bonchev–Trinajstić information content (AvgIpc) is 3.52. The minimum atomic E-state index is -5.15. The first-order valence-corrected chi connectivity index (χ1v) is 18.7. The second kappa shape index (κ2) is 13.9. The second-order valence-corrected chi connectivity index (χ2v) is 15.9. The number of rotatable bonds is 7. The number of carbonyl (C=O) groups is 4. The molecule has 2 aliphatic carbocycles. The van der Waals surface area contributed by atoms with Gasteiger partial charge in [0.1, 0.15) is 17.3 Å². The van der Waals surface area contributed by atoms with Crippen LogP contribution in [0.1, 0.15) is 24.3 Å². The average molecular weight is 837 g/mol. The summed E-state index contributed by atoms with van der Waals surface area (Å²) in [6, 6.07) is 20.5. The Morgan fingerprint density at radius 1 is 0.793 bits per heavy atom. The molecule has 2 heterocycles. The first-order valence-electron chi connectivity index (χ1n) is 17.9. The lowest BCUT2D eigenvalue weighted by Crippen LogP contribution is -2.60. The van der Waals surface area contributed by atoms with E-state index in [1.807, 2.05) is 31.1 Å².